The molecule has 0 atom stereocenters. The van der Waals surface area contributed by atoms with Crippen molar-refractivity contribution in [3.63, 3.8) is 0 Å². The van der Waals surface area contributed by atoms with Crippen molar-refractivity contribution in [3.05, 3.63) is 34.7 Å². The molecule has 0 aliphatic carbocycles. The summed E-state index contributed by atoms with van der Waals surface area (Å²) in [6.45, 7) is 4.75. The summed E-state index contributed by atoms with van der Waals surface area (Å²) < 4.78 is 5.86. The molecule has 0 fully saturated rings. The molecule has 2 N–H and O–H groups in total. The summed E-state index contributed by atoms with van der Waals surface area (Å²) in [7, 11) is 0. The van der Waals surface area contributed by atoms with Crippen molar-refractivity contribution in [3.8, 4) is 0 Å². The topological polar surface area (TPSA) is 62.5 Å². The lowest BCUT2D eigenvalue weighted by Crippen LogP contribution is -2.13. The van der Waals surface area contributed by atoms with E-state index in [0.29, 0.717) is 18.8 Å². The van der Waals surface area contributed by atoms with E-state index in [-0.39, 0.29) is 5.76 Å². The Balaban J connectivity index is 2.44. The molecule has 0 aromatic carbocycles. The minimum atomic E-state index is -1.05. The Labute approximate surface area is 89.7 Å². The van der Waals surface area contributed by atoms with Gasteiger partial charge >= 0.3 is 5.97 Å². The van der Waals surface area contributed by atoms with Crippen LogP contribution in [0.5, 0.6) is 0 Å². The fourth-order valence-corrected chi connectivity index (χ4v) is 1.11. The van der Waals surface area contributed by atoms with Crippen LogP contribution in [0.3, 0.4) is 0 Å². The van der Waals surface area contributed by atoms with Gasteiger partial charge in [0.05, 0.1) is 6.54 Å². The molecule has 0 spiro atoms. The minimum absolute atomic E-state index is 0.0422. The van der Waals surface area contributed by atoms with Crippen LogP contribution in [-0.4, -0.2) is 17.6 Å². The average Bonchev–Trinajstić information content (AvgIpc) is 2.52. The zero-order valence-corrected chi connectivity index (χ0v) is 9.00. The molecule has 4 nitrogen and oxygen atoms in total. The van der Waals surface area contributed by atoms with Gasteiger partial charge in [0.15, 0.2) is 0 Å². The molecule has 5 heteroatoms. The Morgan fingerprint density at radius 3 is 2.86 bits per heavy atom. The normalized spacial score (nSPS) is 10.1. The molecular weight excluding hydrogens is 250 g/mol. The van der Waals surface area contributed by atoms with E-state index in [0.717, 1.165) is 4.48 Å². The van der Waals surface area contributed by atoms with E-state index in [1.807, 2.05) is 0 Å². The van der Waals surface area contributed by atoms with Crippen LogP contribution < -0.4 is 5.32 Å². The first-order valence-corrected chi connectivity index (χ1v) is 4.75. The van der Waals surface area contributed by atoms with E-state index >= 15 is 0 Å². The van der Waals surface area contributed by atoms with E-state index in [1.54, 1.807) is 6.07 Å². The lowest BCUT2D eigenvalue weighted by molar-refractivity contribution is 0.0660. The molecule has 1 aromatic heterocycles. The van der Waals surface area contributed by atoms with Gasteiger partial charge < -0.3 is 14.8 Å². The molecule has 0 bridgehead atoms. The van der Waals surface area contributed by atoms with Crippen molar-refractivity contribution < 1.29 is 14.3 Å². The van der Waals surface area contributed by atoms with Crippen molar-refractivity contribution in [2.75, 3.05) is 6.54 Å². The van der Waals surface area contributed by atoms with Crippen LogP contribution >= 0.6 is 15.9 Å². The van der Waals surface area contributed by atoms with Gasteiger partial charge in [-0.1, -0.05) is 22.5 Å². The fraction of sp³-hybridized carbons (Fsp3) is 0.222. The van der Waals surface area contributed by atoms with Gasteiger partial charge in [0.2, 0.25) is 5.76 Å². The maximum atomic E-state index is 10.5. The quantitative estimate of drug-likeness (QED) is 0.849. The summed E-state index contributed by atoms with van der Waals surface area (Å²) in [5.41, 5.74) is 0. The van der Waals surface area contributed by atoms with Gasteiger partial charge in [-0.25, -0.2) is 4.79 Å². The van der Waals surface area contributed by atoms with Crippen LogP contribution in [0.2, 0.25) is 0 Å². The molecule has 0 aliphatic rings. The predicted molar refractivity (Wildman–Crippen MR) is 55.4 cm³/mol. The van der Waals surface area contributed by atoms with Crippen LogP contribution in [0.1, 0.15) is 16.3 Å². The number of hydrogen-bond acceptors (Lipinski definition) is 3. The first-order valence-electron chi connectivity index (χ1n) is 3.95. The van der Waals surface area contributed by atoms with Gasteiger partial charge in [0, 0.05) is 11.0 Å². The number of nitrogens with one attached hydrogen (secondary N) is 1. The summed E-state index contributed by atoms with van der Waals surface area (Å²) in [5.74, 6) is -0.503. The number of carboxylic acids is 1. The third-order valence-corrected chi connectivity index (χ3v) is 1.77. The van der Waals surface area contributed by atoms with Gasteiger partial charge in [-0.15, -0.1) is 0 Å². The van der Waals surface area contributed by atoms with Crippen molar-refractivity contribution in [1.29, 1.82) is 0 Å². The average molecular weight is 260 g/mol. The fourth-order valence-electron chi connectivity index (χ4n) is 0.909. The summed E-state index contributed by atoms with van der Waals surface area (Å²) in [6, 6.07) is 3.07. The van der Waals surface area contributed by atoms with Crippen LogP contribution in [-0.2, 0) is 6.54 Å². The van der Waals surface area contributed by atoms with Gasteiger partial charge in [-0.05, 0) is 12.1 Å². The monoisotopic (exact) mass is 259 g/mol. The molecule has 0 radical (unpaired) electrons. The van der Waals surface area contributed by atoms with Gasteiger partial charge in [0.25, 0.3) is 0 Å². The highest BCUT2D eigenvalue weighted by atomic mass is 79.9. The van der Waals surface area contributed by atoms with Crippen molar-refractivity contribution in [2.45, 2.75) is 6.54 Å². The maximum Gasteiger partial charge on any atom is 0.371 e. The van der Waals surface area contributed by atoms with E-state index in [1.165, 1.54) is 6.07 Å². The Hall–Kier alpha value is -1.07. The number of furan rings is 1. The third-order valence-electron chi connectivity index (χ3n) is 1.49. The largest absolute Gasteiger partial charge is 0.475 e. The van der Waals surface area contributed by atoms with E-state index in [9.17, 15) is 4.79 Å². The van der Waals surface area contributed by atoms with E-state index in [4.69, 9.17) is 9.52 Å². The highest BCUT2D eigenvalue weighted by molar-refractivity contribution is 9.11. The van der Waals surface area contributed by atoms with Gasteiger partial charge in [-0.2, -0.15) is 0 Å². The van der Waals surface area contributed by atoms with Crippen LogP contribution in [0.4, 0.5) is 0 Å². The number of hydrogen-bond donors (Lipinski definition) is 2. The second-order valence-corrected chi connectivity index (χ2v) is 3.81. The molecule has 0 saturated carbocycles. The molecule has 1 heterocycles. The highest BCUT2D eigenvalue weighted by Gasteiger charge is 2.07. The zero-order valence-electron chi connectivity index (χ0n) is 7.42. The molecule has 1 rings (SSSR count). The number of carboxylic acid groups (broad SMARTS) is 1. The predicted octanol–water partition coefficient (Wildman–Crippen LogP) is 1.98. The molecule has 14 heavy (non-hydrogen) atoms. The Bertz CT molecular complexity index is 346. The van der Waals surface area contributed by atoms with Crippen molar-refractivity contribution >= 4 is 21.9 Å². The molecule has 0 unspecified atom stereocenters. The van der Waals surface area contributed by atoms with Gasteiger partial charge in [0.1, 0.15) is 5.76 Å². The first-order chi connectivity index (χ1) is 6.59. The summed E-state index contributed by atoms with van der Waals surface area (Å²) >= 11 is 3.19. The second kappa shape index (κ2) is 4.97. The smallest absolute Gasteiger partial charge is 0.371 e. The number of carbonyl (C=O) groups is 1. The van der Waals surface area contributed by atoms with E-state index in [2.05, 4.69) is 27.8 Å². The summed E-state index contributed by atoms with van der Waals surface area (Å²) in [5, 5.41) is 11.6. The minimum Gasteiger partial charge on any atom is -0.475 e. The molecule has 0 saturated heterocycles. The van der Waals surface area contributed by atoms with Crippen LogP contribution in [0.25, 0.3) is 0 Å². The molecule has 0 amide bonds. The lowest BCUT2D eigenvalue weighted by Gasteiger charge is -1.99. The van der Waals surface area contributed by atoms with E-state index < -0.39 is 5.97 Å². The summed E-state index contributed by atoms with van der Waals surface area (Å²) in [4.78, 5) is 10.5. The number of halogens is 1. The Morgan fingerprint density at radius 2 is 2.36 bits per heavy atom. The summed E-state index contributed by atoms with van der Waals surface area (Å²) in [6.07, 6.45) is 0. The number of aromatic carboxylic acids is 1. The maximum absolute atomic E-state index is 10.5. The molecule has 76 valence electrons. The zero-order chi connectivity index (χ0) is 10.6. The van der Waals surface area contributed by atoms with Gasteiger partial charge in [-0.3, -0.25) is 0 Å². The molecular formula is C9H10BrNO3. The highest BCUT2D eigenvalue weighted by Crippen LogP contribution is 2.07. The van der Waals surface area contributed by atoms with Crippen LogP contribution in [0, 0.1) is 0 Å². The lowest BCUT2D eigenvalue weighted by atomic mass is 10.4. The Morgan fingerprint density at radius 1 is 1.64 bits per heavy atom. The van der Waals surface area contributed by atoms with Crippen LogP contribution in [0.15, 0.2) is 27.6 Å². The van der Waals surface area contributed by atoms with Crippen molar-refractivity contribution in [2.24, 2.45) is 0 Å². The SMILES string of the molecule is C=C(Br)CNCc1ccc(C(=O)O)o1. The Kier molecular flexibility index (Phi) is 3.91. The third kappa shape index (κ3) is 3.35. The number of rotatable bonds is 5. The molecule has 1 aromatic rings. The van der Waals surface area contributed by atoms with Crippen molar-refractivity contribution in [1.82, 2.24) is 5.32 Å². The standard InChI is InChI=1S/C9H10BrNO3/c1-6(10)4-11-5-7-2-3-8(14-7)9(12)13/h2-3,11H,1,4-5H2,(H,12,13). The first kappa shape index (κ1) is 11.0. The second-order valence-electron chi connectivity index (χ2n) is 2.69. The molecule has 0 aliphatic heterocycles.